The van der Waals surface area contributed by atoms with Crippen molar-refractivity contribution >= 4 is 31.9 Å². The molecule has 0 aromatic heterocycles. The third kappa shape index (κ3) is 4.10. The second kappa shape index (κ2) is 7.27. The van der Waals surface area contributed by atoms with E-state index in [1.807, 2.05) is 13.8 Å². The highest BCUT2D eigenvalue weighted by Gasteiger charge is 2.30. The molecule has 2 rings (SSSR count). The molecule has 1 aliphatic heterocycles. The molecule has 1 aromatic carbocycles. The predicted molar refractivity (Wildman–Crippen MR) is 88.9 cm³/mol. The number of carbonyl (C=O) groups excluding carboxylic acids is 1. The summed E-state index contributed by atoms with van der Waals surface area (Å²) in [5, 5.41) is 0. The van der Waals surface area contributed by atoms with Crippen LogP contribution in [0.15, 0.2) is 27.6 Å². The summed E-state index contributed by atoms with van der Waals surface area (Å²) < 4.78 is 41.1. The highest BCUT2D eigenvalue weighted by atomic mass is 79.9. The third-order valence-electron chi connectivity index (χ3n) is 3.77. The molecule has 0 atom stereocenters. The van der Waals surface area contributed by atoms with E-state index in [-0.39, 0.29) is 29.8 Å². The Labute approximate surface area is 144 Å². The Morgan fingerprint density at radius 3 is 2.57 bits per heavy atom. The minimum atomic E-state index is -3.92. The summed E-state index contributed by atoms with van der Waals surface area (Å²) in [5.74, 6) is -0.883. The van der Waals surface area contributed by atoms with E-state index in [4.69, 9.17) is 0 Å². The molecule has 1 aliphatic rings. The SMILES string of the molecule is CC(C)C(=O)N1CCCN(S(=O)(=O)c2cc(Br)ccc2F)CC1. The summed E-state index contributed by atoms with van der Waals surface area (Å²) in [6.45, 7) is 4.93. The zero-order chi connectivity index (χ0) is 17.2. The lowest BCUT2D eigenvalue weighted by atomic mass is 10.2. The highest BCUT2D eigenvalue weighted by molar-refractivity contribution is 9.10. The molecule has 0 saturated carbocycles. The first-order valence-corrected chi connectivity index (χ1v) is 9.71. The average molecular weight is 407 g/mol. The first kappa shape index (κ1) is 18.4. The molecule has 1 heterocycles. The van der Waals surface area contributed by atoms with Gasteiger partial charge in [0.15, 0.2) is 0 Å². The summed E-state index contributed by atoms with van der Waals surface area (Å²) in [6, 6.07) is 3.86. The largest absolute Gasteiger partial charge is 0.341 e. The standard InChI is InChI=1S/C15H20BrFN2O3S/c1-11(2)15(20)18-6-3-7-19(9-8-18)23(21,22)14-10-12(16)4-5-13(14)17/h4-5,10-11H,3,6-9H2,1-2H3. The van der Waals surface area contributed by atoms with Crippen LogP contribution >= 0.6 is 15.9 Å². The zero-order valence-electron chi connectivity index (χ0n) is 13.1. The number of carbonyl (C=O) groups is 1. The Kier molecular flexibility index (Phi) is 5.80. The van der Waals surface area contributed by atoms with Crippen LogP contribution in [0.25, 0.3) is 0 Å². The van der Waals surface area contributed by atoms with E-state index in [1.165, 1.54) is 16.4 Å². The minimum Gasteiger partial charge on any atom is -0.341 e. The van der Waals surface area contributed by atoms with Gasteiger partial charge in [-0.1, -0.05) is 29.8 Å². The van der Waals surface area contributed by atoms with Gasteiger partial charge in [-0.25, -0.2) is 12.8 Å². The Morgan fingerprint density at radius 2 is 1.91 bits per heavy atom. The Bertz CT molecular complexity index is 694. The maximum atomic E-state index is 13.9. The van der Waals surface area contributed by atoms with Crippen molar-refractivity contribution in [1.29, 1.82) is 0 Å². The Balaban J connectivity index is 2.21. The van der Waals surface area contributed by atoms with Gasteiger partial charge in [0.1, 0.15) is 10.7 Å². The van der Waals surface area contributed by atoms with E-state index in [9.17, 15) is 17.6 Å². The lowest BCUT2D eigenvalue weighted by Crippen LogP contribution is -2.39. The summed E-state index contributed by atoms with van der Waals surface area (Å²) in [5.41, 5.74) is 0. The topological polar surface area (TPSA) is 57.7 Å². The van der Waals surface area contributed by atoms with E-state index in [1.54, 1.807) is 4.90 Å². The van der Waals surface area contributed by atoms with E-state index < -0.39 is 15.8 Å². The lowest BCUT2D eigenvalue weighted by Gasteiger charge is -2.23. The molecule has 5 nitrogen and oxygen atoms in total. The minimum absolute atomic E-state index is 0.0119. The normalized spacial score (nSPS) is 17.3. The van der Waals surface area contributed by atoms with Gasteiger partial charge in [0.2, 0.25) is 15.9 Å². The maximum Gasteiger partial charge on any atom is 0.246 e. The van der Waals surface area contributed by atoms with Crippen molar-refractivity contribution in [2.75, 3.05) is 26.2 Å². The van der Waals surface area contributed by atoms with Crippen molar-refractivity contribution < 1.29 is 17.6 Å². The molecule has 0 bridgehead atoms. The number of halogens is 2. The van der Waals surface area contributed by atoms with Gasteiger partial charge in [-0.3, -0.25) is 4.79 Å². The zero-order valence-corrected chi connectivity index (χ0v) is 15.5. The van der Waals surface area contributed by atoms with Gasteiger partial charge in [-0.2, -0.15) is 4.31 Å². The molecule has 0 aliphatic carbocycles. The molecule has 1 amide bonds. The highest BCUT2D eigenvalue weighted by Crippen LogP contribution is 2.24. The van der Waals surface area contributed by atoms with Crippen LogP contribution in [0.2, 0.25) is 0 Å². The van der Waals surface area contributed by atoms with Gasteiger partial charge in [0, 0.05) is 36.6 Å². The predicted octanol–water partition coefficient (Wildman–Crippen LogP) is 2.47. The molecule has 128 valence electrons. The molecular formula is C15H20BrFN2O3S. The molecule has 8 heteroatoms. The van der Waals surface area contributed by atoms with Crippen molar-refractivity contribution in [3.05, 3.63) is 28.5 Å². The molecule has 0 N–H and O–H groups in total. The van der Waals surface area contributed by atoms with E-state index in [0.29, 0.717) is 24.0 Å². The number of rotatable bonds is 3. The van der Waals surface area contributed by atoms with Crippen LogP contribution in [-0.4, -0.2) is 49.7 Å². The number of hydrogen-bond donors (Lipinski definition) is 0. The first-order valence-electron chi connectivity index (χ1n) is 7.47. The second-order valence-corrected chi connectivity index (χ2v) is 8.63. The number of sulfonamides is 1. The van der Waals surface area contributed by atoms with Crippen LogP contribution in [0.5, 0.6) is 0 Å². The fourth-order valence-electron chi connectivity index (χ4n) is 2.53. The molecule has 23 heavy (non-hydrogen) atoms. The van der Waals surface area contributed by atoms with Crippen LogP contribution < -0.4 is 0 Å². The number of benzene rings is 1. The van der Waals surface area contributed by atoms with Crippen LogP contribution in [0.1, 0.15) is 20.3 Å². The van der Waals surface area contributed by atoms with Gasteiger partial charge in [0.05, 0.1) is 0 Å². The van der Waals surface area contributed by atoms with Crippen LogP contribution in [0, 0.1) is 11.7 Å². The number of nitrogens with zero attached hydrogens (tertiary/aromatic N) is 2. The van der Waals surface area contributed by atoms with Crippen molar-refractivity contribution in [3.63, 3.8) is 0 Å². The summed E-state index contributed by atoms with van der Waals surface area (Å²) in [7, 11) is -3.92. The van der Waals surface area contributed by atoms with Gasteiger partial charge in [-0.05, 0) is 24.6 Å². The van der Waals surface area contributed by atoms with Gasteiger partial charge >= 0.3 is 0 Å². The molecule has 0 radical (unpaired) electrons. The summed E-state index contributed by atoms with van der Waals surface area (Å²) in [4.78, 5) is 13.4. The summed E-state index contributed by atoms with van der Waals surface area (Å²) in [6.07, 6.45) is 0.535. The van der Waals surface area contributed by atoms with E-state index in [2.05, 4.69) is 15.9 Å². The smallest absolute Gasteiger partial charge is 0.246 e. The van der Waals surface area contributed by atoms with E-state index in [0.717, 1.165) is 6.07 Å². The molecular weight excluding hydrogens is 387 g/mol. The molecule has 1 fully saturated rings. The second-order valence-electron chi connectivity index (χ2n) is 5.81. The van der Waals surface area contributed by atoms with Crippen molar-refractivity contribution in [2.24, 2.45) is 5.92 Å². The van der Waals surface area contributed by atoms with Gasteiger partial charge < -0.3 is 4.90 Å². The fourth-order valence-corrected chi connectivity index (χ4v) is 4.61. The van der Waals surface area contributed by atoms with Crippen molar-refractivity contribution in [2.45, 2.75) is 25.2 Å². The van der Waals surface area contributed by atoms with Crippen LogP contribution in [0.4, 0.5) is 4.39 Å². The first-order chi connectivity index (χ1) is 10.7. The molecule has 0 unspecified atom stereocenters. The average Bonchev–Trinajstić information content (AvgIpc) is 2.75. The number of amides is 1. The Hall–Kier alpha value is -0.990. The monoisotopic (exact) mass is 406 g/mol. The molecule has 0 spiro atoms. The van der Waals surface area contributed by atoms with E-state index >= 15 is 0 Å². The van der Waals surface area contributed by atoms with Crippen molar-refractivity contribution in [1.82, 2.24) is 9.21 Å². The maximum absolute atomic E-state index is 13.9. The molecule has 1 saturated heterocycles. The summed E-state index contributed by atoms with van der Waals surface area (Å²) >= 11 is 3.17. The van der Waals surface area contributed by atoms with Crippen molar-refractivity contribution in [3.8, 4) is 0 Å². The molecule has 1 aromatic rings. The van der Waals surface area contributed by atoms with Crippen LogP contribution in [0.3, 0.4) is 0 Å². The third-order valence-corrected chi connectivity index (χ3v) is 6.18. The van der Waals surface area contributed by atoms with Gasteiger partial charge in [0.25, 0.3) is 0 Å². The van der Waals surface area contributed by atoms with Gasteiger partial charge in [-0.15, -0.1) is 0 Å². The van der Waals surface area contributed by atoms with Crippen LogP contribution in [-0.2, 0) is 14.8 Å². The quantitative estimate of drug-likeness (QED) is 0.774. The fraction of sp³-hybridized carbons (Fsp3) is 0.533. The Morgan fingerprint density at radius 1 is 1.22 bits per heavy atom. The number of hydrogen-bond acceptors (Lipinski definition) is 3. The lowest BCUT2D eigenvalue weighted by molar-refractivity contribution is -0.134.